The minimum atomic E-state index is -4.77. The fourth-order valence-electron chi connectivity index (χ4n) is 3.94. The molecule has 0 atom stereocenters. The molecule has 3 aromatic carbocycles. The molecule has 0 bridgehead atoms. The first kappa shape index (κ1) is 26.9. The van der Waals surface area contributed by atoms with Crippen LogP contribution in [0.15, 0.2) is 84.1 Å². The van der Waals surface area contributed by atoms with Gasteiger partial charge in [0.1, 0.15) is 12.1 Å². The summed E-state index contributed by atoms with van der Waals surface area (Å²) in [5.41, 5.74) is 3.53. The zero-order chi connectivity index (χ0) is 28.3. The van der Waals surface area contributed by atoms with Gasteiger partial charge in [0, 0.05) is 12.1 Å². The number of hydrogen-bond acceptors (Lipinski definition) is 6. The molecule has 204 valence electrons. The van der Waals surface area contributed by atoms with Gasteiger partial charge >= 0.3 is 12.4 Å². The van der Waals surface area contributed by atoms with Gasteiger partial charge in [-0.1, -0.05) is 48.2 Å². The summed E-state index contributed by atoms with van der Waals surface area (Å²) < 4.78 is 42.5. The quantitative estimate of drug-likeness (QED) is 0.331. The predicted octanol–water partition coefficient (Wildman–Crippen LogP) is 5.49. The molecule has 1 aromatic heterocycles. The fourth-order valence-corrected chi connectivity index (χ4v) is 4.80. The molecule has 0 saturated carbocycles. The van der Waals surface area contributed by atoms with Gasteiger partial charge in [0.25, 0.3) is 0 Å². The number of benzene rings is 3. The lowest BCUT2D eigenvalue weighted by Crippen LogP contribution is -2.31. The number of carbonyl (C=O) groups excluding carboxylic acids is 2. The molecule has 5 rings (SSSR count). The van der Waals surface area contributed by atoms with Crippen molar-refractivity contribution in [1.82, 2.24) is 20.1 Å². The second-order valence-electron chi connectivity index (χ2n) is 8.61. The fraction of sp³-hybridized carbons (Fsp3) is 0.148. The summed E-state index contributed by atoms with van der Waals surface area (Å²) in [6, 6.07) is 19.3. The second-order valence-corrected chi connectivity index (χ2v) is 9.55. The number of aromatic nitrogens is 3. The van der Waals surface area contributed by atoms with Crippen LogP contribution in [0.4, 0.5) is 23.7 Å². The maximum absolute atomic E-state index is 12.6. The molecule has 9 nitrogen and oxygen atoms in total. The van der Waals surface area contributed by atoms with E-state index in [0.29, 0.717) is 27.9 Å². The van der Waals surface area contributed by atoms with Gasteiger partial charge in [-0.3, -0.25) is 9.69 Å². The Labute approximate surface area is 230 Å². The Hall–Kier alpha value is -4.65. The number of aliphatic imine (C=N–C) groups is 1. The Morgan fingerprint density at radius 3 is 2.62 bits per heavy atom. The molecule has 13 heteroatoms. The number of nitrogens with one attached hydrogen (secondary N) is 1. The van der Waals surface area contributed by atoms with E-state index < -0.39 is 12.4 Å². The van der Waals surface area contributed by atoms with E-state index >= 15 is 0 Å². The zero-order valence-corrected chi connectivity index (χ0v) is 21.7. The van der Waals surface area contributed by atoms with Gasteiger partial charge < -0.3 is 10.1 Å². The van der Waals surface area contributed by atoms with Gasteiger partial charge in [-0.25, -0.2) is 14.5 Å². The van der Waals surface area contributed by atoms with Crippen LogP contribution in [0, 0.1) is 6.92 Å². The summed E-state index contributed by atoms with van der Waals surface area (Å²) >= 11 is 1.21. The molecule has 2 heterocycles. The Morgan fingerprint density at radius 1 is 1.10 bits per heavy atom. The maximum Gasteiger partial charge on any atom is 0.573 e. The molecule has 0 aliphatic carbocycles. The smallest absolute Gasteiger partial charge is 0.406 e. The van der Waals surface area contributed by atoms with E-state index in [2.05, 4.69) is 25.1 Å². The van der Waals surface area contributed by atoms with Gasteiger partial charge in [0.05, 0.1) is 17.1 Å². The molecule has 4 aromatic rings. The summed E-state index contributed by atoms with van der Waals surface area (Å²) in [6.07, 6.45) is -3.32. The SMILES string of the molecule is Cc1ccccc1N1C(=O)CS/C1=N\C(=O)NCc1cccc(-c2ncn(-c3ccc(OC(F)(F)F)cc3)n2)c1. The number of rotatable bonds is 6. The molecule has 0 spiro atoms. The van der Waals surface area contributed by atoms with Crippen molar-refractivity contribution in [3.63, 3.8) is 0 Å². The molecule has 1 fully saturated rings. The molecule has 1 saturated heterocycles. The number of para-hydroxylation sites is 1. The lowest BCUT2D eigenvalue weighted by molar-refractivity contribution is -0.274. The van der Waals surface area contributed by atoms with Gasteiger partial charge in [-0.05, 0) is 54.4 Å². The first-order valence-corrected chi connectivity index (χ1v) is 12.9. The van der Waals surface area contributed by atoms with Crippen molar-refractivity contribution < 1.29 is 27.5 Å². The summed E-state index contributed by atoms with van der Waals surface area (Å²) in [5.74, 6) is 0.112. The minimum absolute atomic E-state index is 0.143. The molecule has 1 aliphatic heterocycles. The van der Waals surface area contributed by atoms with Crippen LogP contribution in [-0.2, 0) is 11.3 Å². The molecule has 40 heavy (non-hydrogen) atoms. The minimum Gasteiger partial charge on any atom is -0.406 e. The molecule has 1 N–H and O–H groups in total. The monoisotopic (exact) mass is 566 g/mol. The number of halogens is 3. The van der Waals surface area contributed by atoms with Crippen molar-refractivity contribution in [3.8, 4) is 22.8 Å². The first-order chi connectivity index (χ1) is 19.2. The molecule has 1 aliphatic rings. The Bertz CT molecular complexity index is 1590. The maximum atomic E-state index is 12.6. The summed E-state index contributed by atoms with van der Waals surface area (Å²) in [4.78, 5) is 34.9. The van der Waals surface area contributed by atoms with Crippen LogP contribution in [0.5, 0.6) is 5.75 Å². The highest BCUT2D eigenvalue weighted by molar-refractivity contribution is 8.15. The zero-order valence-electron chi connectivity index (χ0n) is 20.9. The molecular formula is C27H21F3N6O3S. The number of aryl methyl sites for hydroxylation is 1. The summed E-state index contributed by atoms with van der Waals surface area (Å²) in [7, 11) is 0. The number of amidine groups is 1. The largest absolute Gasteiger partial charge is 0.573 e. The van der Waals surface area contributed by atoms with E-state index in [4.69, 9.17) is 0 Å². The number of ether oxygens (including phenoxy) is 1. The van der Waals surface area contributed by atoms with Crippen LogP contribution in [0.25, 0.3) is 17.1 Å². The molecule has 0 unspecified atom stereocenters. The topological polar surface area (TPSA) is 102 Å². The van der Waals surface area contributed by atoms with Crippen molar-refractivity contribution >= 4 is 34.6 Å². The number of carbonyl (C=O) groups is 2. The highest BCUT2D eigenvalue weighted by atomic mass is 32.2. The van der Waals surface area contributed by atoms with E-state index in [1.165, 1.54) is 51.9 Å². The van der Waals surface area contributed by atoms with Gasteiger partial charge in [0.2, 0.25) is 5.91 Å². The van der Waals surface area contributed by atoms with Crippen molar-refractivity contribution in [3.05, 3.63) is 90.3 Å². The van der Waals surface area contributed by atoms with Crippen molar-refractivity contribution in [2.75, 3.05) is 10.7 Å². The van der Waals surface area contributed by atoms with Crippen LogP contribution in [-0.4, -0.2) is 44.0 Å². The lowest BCUT2D eigenvalue weighted by atomic mass is 10.1. The summed E-state index contributed by atoms with van der Waals surface area (Å²) in [5, 5.41) is 7.46. The first-order valence-electron chi connectivity index (χ1n) is 11.9. The van der Waals surface area contributed by atoms with E-state index in [1.54, 1.807) is 18.2 Å². The number of alkyl halides is 3. The molecule has 3 amide bonds. The Balaban J connectivity index is 1.24. The van der Waals surface area contributed by atoms with Crippen molar-refractivity contribution in [1.29, 1.82) is 0 Å². The predicted molar refractivity (Wildman–Crippen MR) is 144 cm³/mol. The molecular weight excluding hydrogens is 545 g/mol. The van der Waals surface area contributed by atoms with Gasteiger partial charge in [-0.15, -0.1) is 18.3 Å². The average molecular weight is 567 g/mol. The highest BCUT2D eigenvalue weighted by Gasteiger charge is 2.32. The number of urea groups is 1. The summed E-state index contributed by atoms with van der Waals surface area (Å²) in [6.45, 7) is 2.06. The third-order valence-corrected chi connectivity index (χ3v) is 6.70. The normalized spacial score (nSPS) is 14.6. The third kappa shape index (κ3) is 6.31. The Kier molecular flexibility index (Phi) is 7.56. The Morgan fingerprint density at radius 2 is 1.88 bits per heavy atom. The standard InChI is InChI=1S/C27H21F3N6O3S/c1-17-5-2-3-8-22(17)36-23(37)15-40-26(36)33-25(38)31-14-18-6-4-7-19(13-18)24-32-16-35(34-24)20-9-11-21(12-10-20)39-27(28,29)30/h2-13,16H,14-15H2,1H3,(H,31,38)/b33-26-. The third-order valence-electron chi connectivity index (χ3n) is 5.77. The second kappa shape index (κ2) is 11.2. The van der Waals surface area contributed by atoms with Crippen molar-refractivity contribution in [2.24, 2.45) is 4.99 Å². The molecule has 0 radical (unpaired) electrons. The van der Waals surface area contributed by atoms with Crippen LogP contribution < -0.4 is 15.0 Å². The number of anilines is 1. The van der Waals surface area contributed by atoms with Crippen LogP contribution >= 0.6 is 11.8 Å². The van der Waals surface area contributed by atoms with Gasteiger partial charge in [0.15, 0.2) is 11.0 Å². The van der Waals surface area contributed by atoms with Crippen LogP contribution in [0.2, 0.25) is 0 Å². The highest BCUT2D eigenvalue weighted by Crippen LogP contribution is 2.29. The van der Waals surface area contributed by atoms with Crippen LogP contribution in [0.1, 0.15) is 11.1 Å². The van der Waals surface area contributed by atoms with E-state index in [9.17, 15) is 22.8 Å². The van der Waals surface area contributed by atoms with Crippen molar-refractivity contribution in [2.45, 2.75) is 19.8 Å². The number of nitrogens with zero attached hydrogens (tertiary/aromatic N) is 5. The number of thioether (sulfide) groups is 1. The van der Waals surface area contributed by atoms with E-state index in [0.717, 1.165) is 11.1 Å². The number of hydrogen-bond donors (Lipinski definition) is 1. The average Bonchev–Trinajstić information content (AvgIpc) is 3.55. The van der Waals surface area contributed by atoms with E-state index in [-0.39, 0.29) is 24.0 Å². The lowest BCUT2D eigenvalue weighted by Gasteiger charge is -2.18. The number of amides is 3. The van der Waals surface area contributed by atoms with Gasteiger partial charge in [-0.2, -0.15) is 4.99 Å². The van der Waals surface area contributed by atoms with E-state index in [1.807, 2.05) is 37.3 Å². The van der Waals surface area contributed by atoms with Crippen LogP contribution in [0.3, 0.4) is 0 Å².